The summed E-state index contributed by atoms with van der Waals surface area (Å²) in [6, 6.07) is 57.5. The van der Waals surface area contributed by atoms with Gasteiger partial charge in [-0.2, -0.15) is 0 Å². The van der Waals surface area contributed by atoms with E-state index in [1.165, 1.54) is 30.9 Å². The van der Waals surface area contributed by atoms with Crippen molar-refractivity contribution in [1.29, 1.82) is 0 Å². The third-order valence-electron chi connectivity index (χ3n) is 10.0. The summed E-state index contributed by atoms with van der Waals surface area (Å²) in [5, 5.41) is 7.19. The van der Waals surface area contributed by atoms with Crippen molar-refractivity contribution in [3.05, 3.63) is 164 Å². The van der Waals surface area contributed by atoms with Crippen LogP contribution in [0.2, 0.25) is 0 Å². The van der Waals surface area contributed by atoms with E-state index in [-0.39, 0.29) is 0 Å². The molecule has 11 rings (SSSR count). The van der Waals surface area contributed by atoms with Crippen LogP contribution in [0.5, 0.6) is 0 Å². The van der Waals surface area contributed by atoms with Crippen LogP contribution in [0.25, 0.3) is 104 Å². The van der Waals surface area contributed by atoms with Crippen LogP contribution in [0, 0.1) is 0 Å². The zero-order valence-corrected chi connectivity index (χ0v) is 28.1. The predicted octanol–water partition coefficient (Wildman–Crippen LogP) is 12.8. The van der Waals surface area contributed by atoms with Crippen molar-refractivity contribution in [3.8, 4) is 39.6 Å². The van der Waals surface area contributed by atoms with Crippen LogP contribution in [0.15, 0.2) is 168 Å². The highest BCUT2D eigenvalue weighted by Gasteiger charge is 2.21. The smallest absolute Gasteiger partial charge is 0.162 e. The number of fused-ring (bicyclic) bond motifs is 10. The number of hydrogen-bond acceptors (Lipinski definition) is 4. The lowest BCUT2D eigenvalue weighted by molar-refractivity contribution is 0.670. The molecule has 4 aromatic heterocycles. The number of para-hydroxylation sites is 3. The molecule has 0 spiro atoms. The number of rotatable bonds is 4. The van der Waals surface area contributed by atoms with Gasteiger partial charge in [0.15, 0.2) is 5.82 Å². The van der Waals surface area contributed by atoms with E-state index < -0.39 is 0 Å². The van der Waals surface area contributed by atoms with Crippen LogP contribution in [0.4, 0.5) is 0 Å². The largest absolute Gasteiger partial charge is 0.455 e. The second-order valence-electron chi connectivity index (χ2n) is 12.9. The first-order valence-corrected chi connectivity index (χ1v) is 17.9. The molecule has 0 radical (unpaired) electrons. The van der Waals surface area contributed by atoms with E-state index in [1.54, 1.807) is 0 Å². The lowest BCUT2D eigenvalue weighted by Crippen LogP contribution is -2.02. The van der Waals surface area contributed by atoms with Gasteiger partial charge in [-0.3, -0.25) is 4.57 Å². The van der Waals surface area contributed by atoms with E-state index >= 15 is 0 Å². The minimum Gasteiger partial charge on any atom is -0.455 e. The maximum absolute atomic E-state index is 6.54. The van der Waals surface area contributed by atoms with Crippen molar-refractivity contribution in [2.45, 2.75) is 0 Å². The Bertz CT molecular complexity index is 3150. The molecule has 0 aliphatic rings. The quantitative estimate of drug-likeness (QED) is 0.187. The van der Waals surface area contributed by atoms with Crippen LogP contribution < -0.4 is 0 Å². The Morgan fingerprint density at radius 1 is 0.490 bits per heavy atom. The number of hydrogen-bond donors (Lipinski definition) is 0. The van der Waals surface area contributed by atoms with Gasteiger partial charge >= 0.3 is 0 Å². The molecule has 0 N–H and O–H groups in total. The number of aromatic nitrogens is 3. The van der Waals surface area contributed by atoms with E-state index in [4.69, 9.17) is 14.4 Å². The first-order chi connectivity index (χ1) is 25.3. The van der Waals surface area contributed by atoms with Crippen molar-refractivity contribution >= 4 is 75.3 Å². The van der Waals surface area contributed by atoms with Gasteiger partial charge in [0.1, 0.15) is 17.0 Å². The molecule has 5 heteroatoms. The Morgan fingerprint density at radius 2 is 1.22 bits per heavy atom. The minimum atomic E-state index is 0.655. The van der Waals surface area contributed by atoms with Crippen LogP contribution in [0.3, 0.4) is 0 Å². The third kappa shape index (κ3) is 4.32. The van der Waals surface area contributed by atoms with Crippen LogP contribution in [-0.2, 0) is 0 Å². The lowest BCUT2D eigenvalue weighted by Gasteiger charge is -2.13. The molecule has 0 saturated carbocycles. The highest BCUT2D eigenvalue weighted by molar-refractivity contribution is 7.26. The van der Waals surface area contributed by atoms with Crippen molar-refractivity contribution in [2.75, 3.05) is 0 Å². The van der Waals surface area contributed by atoms with Crippen LogP contribution in [-0.4, -0.2) is 14.5 Å². The summed E-state index contributed by atoms with van der Waals surface area (Å²) in [6.07, 6.45) is 0. The Morgan fingerprint density at radius 3 is 2.14 bits per heavy atom. The molecule has 11 aromatic rings. The standard InChI is InChI=1S/C46H27N3OS/c1-2-12-28(13-3-1)29-14-10-15-30(26-29)46-47-37(35-20-11-19-33-31-16-5-8-22-40(31)50-44(33)35)27-42(48-46)49-38-21-7-4-18-36(38)43-39(49)25-24-34-32-17-6-9-23-41(32)51-45(34)43/h1-27H. The summed E-state index contributed by atoms with van der Waals surface area (Å²) in [6.45, 7) is 0. The normalized spacial score (nSPS) is 11.9. The molecule has 4 nitrogen and oxygen atoms in total. The van der Waals surface area contributed by atoms with Crippen molar-refractivity contribution in [2.24, 2.45) is 0 Å². The first-order valence-electron chi connectivity index (χ1n) is 17.1. The second-order valence-corrected chi connectivity index (χ2v) is 14.0. The fourth-order valence-corrected chi connectivity index (χ4v) is 8.97. The van der Waals surface area contributed by atoms with E-state index in [1.807, 2.05) is 29.5 Å². The molecular formula is C46H27N3OS. The Kier molecular flexibility index (Phi) is 6.09. The minimum absolute atomic E-state index is 0.655. The van der Waals surface area contributed by atoms with Crippen molar-refractivity contribution < 1.29 is 4.42 Å². The average molecular weight is 670 g/mol. The zero-order valence-electron chi connectivity index (χ0n) is 27.2. The van der Waals surface area contributed by atoms with Gasteiger partial charge in [0.2, 0.25) is 0 Å². The summed E-state index contributed by atoms with van der Waals surface area (Å²) in [5.41, 5.74) is 8.85. The van der Waals surface area contributed by atoms with Gasteiger partial charge in [0, 0.05) is 58.9 Å². The SMILES string of the molecule is c1ccc(-c2cccc(-c3nc(-c4cccc5c4oc4ccccc45)cc(-n4c5ccccc5c5c6sc7ccccc7c6ccc54)n3)c2)cc1. The summed E-state index contributed by atoms with van der Waals surface area (Å²) in [5.74, 6) is 1.46. The highest BCUT2D eigenvalue weighted by Crippen LogP contribution is 2.44. The van der Waals surface area contributed by atoms with Gasteiger partial charge < -0.3 is 4.42 Å². The molecule has 0 unspecified atom stereocenters. The number of benzene rings is 7. The summed E-state index contributed by atoms with van der Waals surface area (Å²) < 4.78 is 11.4. The molecule has 0 saturated heterocycles. The molecule has 0 fully saturated rings. The van der Waals surface area contributed by atoms with Gasteiger partial charge in [-0.05, 0) is 47.5 Å². The molecule has 0 aliphatic heterocycles. The monoisotopic (exact) mass is 669 g/mol. The van der Waals surface area contributed by atoms with Gasteiger partial charge in [0.05, 0.1) is 16.7 Å². The van der Waals surface area contributed by atoms with Crippen molar-refractivity contribution in [3.63, 3.8) is 0 Å². The molecule has 7 aromatic carbocycles. The van der Waals surface area contributed by atoms with E-state index in [9.17, 15) is 0 Å². The predicted molar refractivity (Wildman–Crippen MR) is 213 cm³/mol. The Labute approximate surface area is 296 Å². The van der Waals surface area contributed by atoms with Gasteiger partial charge in [-0.15, -0.1) is 11.3 Å². The van der Waals surface area contributed by atoms with E-state index in [0.717, 1.165) is 66.7 Å². The molecule has 238 valence electrons. The fraction of sp³-hybridized carbons (Fsp3) is 0. The second kappa shape index (κ2) is 11.0. The maximum atomic E-state index is 6.54. The van der Waals surface area contributed by atoms with Gasteiger partial charge in [0.25, 0.3) is 0 Å². The van der Waals surface area contributed by atoms with Crippen LogP contribution in [0.1, 0.15) is 0 Å². The molecule has 4 heterocycles. The summed E-state index contributed by atoms with van der Waals surface area (Å²) >= 11 is 1.86. The fourth-order valence-electron chi connectivity index (χ4n) is 7.72. The molecule has 0 atom stereocenters. The highest BCUT2D eigenvalue weighted by atomic mass is 32.1. The topological polar surface area (TPSA) is 43.9 Å². The molecule has 51 heavy (non-hydrogen) atoms. The number of thiophene rings is 1. The lowest BCUT2D eigenvalue weighted by atomic mass is 10.0. The maximum Gasteiger partial charge on any atom is 0.162 e. The number of nitrogens with zero attached hydrogens (tertiary/aromatic N) is 3. The summed E-state index contributed by atoms with van der Waals surface area (Å²) in [7, 11) is 0. The van der Waals surface area contributed by atoms with E-state index in [0.29, 0.717) is 5.82 Å². The average Bonchev–Trinajstić information content (AvgIpc) is 3.88. The number of furan rings is 1. The van der Waals surface area contributed by atoms with E-state index in [2.05, 4.69) is 150 Å². The van der Waals surface area contributed by atoms with Crippen LogP contribution >= 0.6 is 11.3 Å². The summed E-state index contributed by atoms with van der Waals surface area (Å²) in [4.78, 5) is 10.7. The Hall–Kier alpha value is -6.56. The zero-order chi connectivity index (χ0) is 33.5. The Balaban J connectivity index is 1.22. The third-order valence-corrected chi connectivity index (χ3v) is 11.2. The molecular weight excluding hydrogens is 643 g/mol. The van der Waals surface area contributed by atoms with Gasteiger partial charge in [-0.1, -0.05) is 121 Å². The van der Waals surface area contributed by atoms with Gasteiger partial charge in [-0.25, -0.2) is 9.97 Å². The first kappa shape index (κ1) is 28.3. The molecule has 0 amide bonds. The molecule has 0 bridgehead atoms. The van der Waals surface area contributed by atoms with Crippen molar-refractivity contribution in [1.82, 2.24) is 14.5 Å². The molecule has 0 aliphatic carbocycles.